The van der Waals surface area contributed by atoms with Gasteiger partial charge in [0.25, 0.3) is 0 Å². The summed E-state index contributed by atoms with van der Waals surface area (Å²) in [5.74, 6) is -1.57. The molecule has 0 fully saturated rings. The molecule has 11 heteroatoms. The Bertz CT molecular complexity index is 1150. The van der Waals surface area contributed by atoms with Crippen LogP contribution >= 0.6 is 0 Å². The fraction of sp³-hybridized carbons (Fsp3) is 0.606. The van der Waals surface area contributed by atoms with Gasteiger partial charge in [-0.1, -0.05) is 78.0 Å². The summed E-state index contributed by atoms with van der Waals surface area (Å²) in [6, 6.07) is 6.50. The largest absolute Gasteiger partial charge is 0.466 e. The molecule has 1 aliphatic rings. The van der Waals surface area contributed by atoms with Crippen molar-refractivity contribution in [3.8, 4) is 0 Å². The molecule has 1 aliphatic heterocycles. The van der Waals surface area contributed by atoms with Crippen LogP contribution in [-0.4, -0.2) is 73.0 Å². The lowest BCUT2D eigenvalue weighted by molar-refractivity contribution is -0.139. The van der Waals surface area contributed by atoms with Crippen LogP contribution < -0.4 is 16.0 Å². The van der Waals surface area contributed by atoms with E-state index in [0.717, 1.165) is 5.56 Å². The average Bonchev–Trinajstić information content (AvgIpc) is 2.98. The zero-order valence-electron chi connectivity index (χ0n) is 27.2. The molecule has 0 radical (unpaired) electrons. The number of alkyl carbamates (subject to hydrolysis) is 1. The summed E-state index contributed by atoms with van der Waals surface area (Å²) in [7, 11) is 1.30. The van der Waals surface area contributed by atoms with Gasteiger partial charge in [0.2, 0.25) is 17.7 Å². The van der Waals surface area contributed by atoms with Crippen molar-refractivity contribution >= 4 is 29.8 Å². The second-order valence-corrected chi connectivity index (χ2v) is 12.5. The summed E-state index contributed by atoms with van der Waals surface area (Å²) < 4.78 is 10.2. The Morgan fingerprint density at radius 2 is 1.30 bits per heavy atom. The van der Waals surface area contributed by atoms with E-state index in [9.17, 15) is 24.0 Å². The van der Waals surface area contributed by atoms with Crippen LogP contribution in [0, 0.1) is 17.8 Å². The van der Waals surface area contributed by atoms with Gasteiger partial charge < -0.3 is 30.3 Å². The van der Waals surface area contributed by atoms with Gasteiger partial charge in [-0.15, -0.1) is 0 Å². The molecule has 0 unspecified atom stereocenters. The van der Waals surface area contributed by atoms with E-state index in [2.05, 4.69) is 16.0 Å². The van der Waals surface area contributed by atoms with Gasteiger partial charge >= 0.3 is 12.1 Å². The Morgan fingerprint density at radius 3 is 1.84 bits per heavy atom. The van der Waals surface area contributed by atoms with Crippen LogP contribution in [0.5, 0.6) is 0 Å². The molecule has 11 nitrogen and oxygen atoms in total. The van der Waals surface area contributed by atoms with Crippen molar-refractivity contribution < 1.29 is 33.4 Å². The molecule has 44 heavy (non-hydrogen) atoms. The predicted octanol–water partition coefficient (Wildman–Crippen LogP) is 3.72. The number of nitrogens with one attached hydrogen (secondary N) is 3. The standard InChI is InChI=1S/C33H50N4O7/c1-21(2)16-26(34-30(39)27(17-22(3)4)36-33(42)44-20-24-12-9-8-10-13-24)29(38)35-28(18-23(5)6)31(40)37-15-11-14-25(19-37)32(41)43-7/h8-10,12-14,21-23,26-28H,11,15-20H2,1-7H3,(H,34,39)(H,35,38)(H,36,42)/t26-,27-,28-/m0/s1. The van der Waals surface area contributed by atoms with Gasteiger partial charge in [-0.25, -0.2) is 9.59 Å². The SMILES string of the molecule is COC(=O)C1=CCCN(C(=O)[C@H](CC(C)C)NC(=O)[C@H](CC(C)C)NC(=O)[C@H](CC(C)C)NC(=O)OCc2ccccc2)C1. The van der Waals surface area contributed by atoms with E-state index < -0.39 is 42.0 Å². The van der Waals surface area contributed by atoms with Gasteiger partial charge in [0.05, 0.1) is 19.2 Å². The Labute approximate surface area is 261 Å². The lowest BCUT2D eigenvalue weighted by Gasteiger charge is -2.32. The summed E-state index contributed by atoms with van der Waals surface area (Å²) in [5.41, 5.74) is 1.21. The number of rotatable bonds is 15. The van der Waals surface area contributed by atoms with Crippen LogP contribution in [0.1, 0.15) is 72.8 Å². The van der Waals surface area contributed by atoms with E-state index >= 15 is 0 Å². The van der Waals surface area contributed by atoms with Crippen molar-refractivity contribution in [2.75, 3.05) is 20.2 Å². The molecule has 1 heterocycles. The molecule has 1 aromatic rings. The number of amides is 4. The number of esters is 1. The number of hydrogen-bond donors (Lipinski definition) is 3. The third kappa shape index (κ3) is 12.4. The number of methoxy groups -OCH3 is 1. The van der Waals surface area contributed by atoms with Gasteiger partial charge in [-0.2, -0.15) is 0 Å². The molecule has 3 atom stereocenters. The molecule has 2 rings (SSSR count). The highest BCUT2D eigenvalue weighted by molar-refractivity contribution is 5.95. The average molecular weight is 615 g/mol. The lowest BCUT2D eigenvalue weighted by Crippen LogP contribution is -2.58. The molecule has 0 aliphatic carbocycles. The molecular weight excluding hydrogens is 564 g/mol. The van der Waals surface area contributed by atoms with Crippen LogP contribution in [0.3, 0.4) is 0 Å². The molecule has 3 N–H and O–H groups in total. The van der Waals surface area contributed by atoms with E-state index in [-0.39, 0.29) is 36.8 Å². The molecule has 0 saturated carbocycles. The zero-order chi connectivity index (χ0) is 32.8. The van der Waals surface area contributed by atoms with E-state index in [1.807, 2.05) is 71.9 Å². The topological polar surface area (TPSA) is 143 Å². The third-order valence-electron chi connectivity index (χ3n) is 7.10. The quantitative estimate of drug-likeness (QED) is 0.256. The molecule has 0 bridgehead atoms. The third-order valence-corrected chi connectivity index (χ3v) is 7.10. The van der Waals surface area contributed by atoms with Gasteiger partial charge in [0, 0.05) is 6.54 Å². The van der Waals surface area contributed by atoms with Gasteiger partial charge in [-0.3, -0.25) is 14.4 Å². The zero-order valence-corrected chi connectivity index (χ0v) is 27.2. The smallest absolute Gasteiger partial charge is 0.408 e. The maximum atomic E-state index is 13.6. The minimum atomic E-state index is -0.936. The van der Waals surface area contributed by atoms with E-state index in [4.69, 9.17) is 9.47 Å². The Balaban J connectivity index is 2.15. The molecule has 0 saturated heterocycles. The number of carbonyl (C=O) groups excluding carboxylic acids is 5. The van der Waals surface area contributed by atoms with Crippen LogP contribution in [0.25, 0.3) is 0 Å². The summed E-state index contributed by atoms with van der Waals surface area (Å²) >= 11 is 0. The normalized spacial score (nSPS) is 15.2. The number of ether oxygens (including phenoxy) is 2. The molecular formula is C33H50N4O7. The molecule has 4 amide bonds. The van der Waals surface area contributed by atoms with Crippen molar-refractivity contribution in [2.45, 2.75) is 92.0 Å². The van der Waals surface area contributed by atoms with Crippen molar-refractivity contribution in [3.63, 3.8) is 0 Å². The van der Waals surface area contributed by atoms with Crippen LogP contribution in [0.2, 0.25) is 0 Å². The molecule has 0 spiro atoms. The maximum absolute atomic E-state index is 13.6. The fourth-order valence-corrected chi connectivity index (χ4v) is 4.98. The highest BCUT2D eigenvalue weighted by atomic mass is 16.5. The minimum absolute atomic E-state index is 0.0486. The summed E-state index contributed by atoms with van der Waals surface area (Å²) in [6.07, 6.45) is 2.57. The first-order valence-electron chi connectivity index (χ1n) is 15.4. The number of benzene rings is 1. The van der Waals surface area contributed by atoms with Gasteiger partial charge in [-0.05, 0) is 49.0 Å². The fourth-order valence-electron chi connectivity index (χ4n) is 4.98. The van der Waals surface area contributed by atoms with Crippen molar-refractivity contribution in [2.24, 2.45) is 17.8 Å². The Hall–Kier alpha value is -3.89. The second-order valence-electron chi connectivity index (χ2n) is 12.5. The van der Waals surface area contributed by atoms with E-state index in [1.54, 1.807) is 11.0 Å². The van der Waals surface area contributed by atoms with Crippen LogP contribution in [-0.2, 0) is 35.3 Å². The first-order chi connectivity index (χ1) is 20.8. The number of hydrogen-bond acceptors (Lipinski definition) is 7. The molecule has 0 aromatic heterocycles. The lowest BCUT2D eigenvalue weighted by atomic mass is 9.98. The first-order valence-corrected chi connectivity index (χ1v) is 15.4. The van der Waals surface area contributed by atoms with Gasteiger partial charge in [0.1, 0.15) is 24.7 Å². The minimum Gasteiger partial charge on any atom is -0.466 e. The number of carbonyl (C=O) groups is 5. The van der Waals surface area contributed by atoms with Crippen LogP contribution in [0.15, 0.2) is 42.0 Å². The monoisotopic (exact) mass is 614 g/mol. The van der Waals surface area contributed by atoms with Crippen LogP contribution in [0.4, 0.5) is 4.79 Å². The summed E-state index contributed by atoms with van der Waals surface area (Å²) in [5, 5.41) is 8.36. The Kier molecular flexibility index (Phi) is 14.9. The number of nitrogens with zero attached hydrogens (tertiary/aromatic N) is 1. The highest BCUT2D eigenvalue weighted by Crippen LogP contribution is 2.16. The summed E-state index contributed by atoms with van der Waals surface area (Å²) in [6.45, 7) is 12.2. The molecule has 1 aromatic carbocycles. The van der Waals surface area contributed by atoms with Crippen molar-refractivity contribution in [3.05, 3.63) is 47.5 Å². The van der Waals surface area contributed by atoms with Crippen molar-refractivity contribution in [1.29, 1.82) is 0 Å². The Morgan fingerprint density at radius 1 is 0.773 bits per heavy atom. The van der Waals surface area contributed by atoms with E-state index in [0.29, 0.717) is 37.8 Å². The highest BCUT2D eigenvalue weighted by Gasteiger charge is 2.33. The summed E-state index contributed by atoms with van der Waals surface area (Å²) in [4.78, 5) is 66.9. The second kappa shape index (κ2) is 18.0. The molecule has 244 valence electrons. The van der Waals surface area contributed by atoms with Gasteiger partial charge in [0.15, 0.2) is 0 Å². The van der Waals surface area contributed by atoms with E-state index in [1.165, 1.54) is 7.11 Å². The predicted molar refractivity (Wildman–Crippen MR) is 167 cm³/mol. The van der Waals surface area contributed by atoms with Crippen molar-refractivity contribution in [1.82, 2.24) is 20.9 Å². The maximum Gasteiger partial charge on any atom is 0.408 e. The first kappa shape index (κ1) is 36.3.